The van der Waals surface area contributed by atoms with E-state index in [2.05, 4.69) is 29.5 Å². The van der Waals surface area contributed by atoms with E-state index in [9.17, 15) is 4.79 Å². The van der Waals surface area contributed by atoms with Crippen LogP contribution in [0.15, 0.2) is 35.8 Å². The molecule has 0 aliphatic rings. The number of carbonyl (C=O) groups is 1. The normalized spacial score (nSPS) is 10.5. The first kappa shape index (κ1) is 13.5. The van der Waals surface area contributed by atoms with Gasteiger partial charge in [-0.3, -0.25) is 4.79 Å². The van der Waals surface area contributed by atoms with Crippen LogP contribution in [-0.2, 0) is 0 Å². The van der Waals surface area contributed by atoms with E-state index < -0.39 is 0 Å². The number of nitrogens with one attached hydrogen (secondary N) is 2. The van der Waals surface area contributed by atoms with Gasteiger partial charge < -0.3 is 10.6 Å². The van der Waals surface area contributed by atoms with Crippen LogP contribution < -0.4 is 10.6 Å². The van der Waals surface area contributed by atoms with Crippen LogP contribution in [0, 0.1) is 5.92 Å². The Morgan fingerprint density at radius 2 is 2.21 bits per heavy atom. The summed E-state index contributed by atoms with van der Waals surface area (Å²) in [6.45, 7) is 5.20. The summed E-state index contributed by atoms with van der Waals surface area (Å²) >= 11 is 1.41. The molecular weight excluding hydrogens is 258 g/mol. The maximum atomic E-state index is 11.8. The van der Waals surface area contributed by atoms with Crippen LogP contribution in [0.4, 0.5) is 11.5 Å². The Morgan fingerprint density at radius 3 is 2.79 bits per heavy atom. The minimum atomic E-state index is -0.120. The molecule has 0 fully saturated rings. The molecule has 2 aromatic rings. The number of amides is 1. The van der Waals surface area contributed by atoms with E-state index in [4.69, 9.17) is 0 Å². The molecule has 0 aliphatic heterocycles. The zero-order valence-electron chi connectivity index (χ0n) is 11.0. The van der Waals surface area contributed by atoms with E-state index in [-0.39, 0.29) is 5.91 Å². The van der Waals surface area contributed by atoms with Crippen molar-refractivity contribution >= 4 is 28.7 Å². The fourth-order valence-corrected chi connectivity index (χ4v) is 2.10. The highest BCUT2D eigenvalue weighted by Gasteiger charge is 2.07. The van der Waals surface area contributed by atoms with Gasteiger partial charge in [0.1, 0.15) is 5.82 Å². The average molecular weight is 275 g/mol. The summed E-state index contributed by atoms with van der Waals surface area (Å²) in [5.41, 5.74) is 0.961. The lowest BCUT2D eigenvalue weighted by Gasteiger charge is -2.09. The highest BCUT2D eigenvalue weighted by molar-refractivity contribution is 7.12. The summed E-state index contributed by atoms with van der Waals surface area (Å²) < 4.78 is 0. The zero-order valence-corrected chi connectivity index (χ0v) is 11.8. The predicted molar refractivity (Wildman–Crippen MR) is 79.8 cm³/mol. The molecule has 2 aromatic heterocycles. The zero-order chi connectivity index (χ0) is 13.7. The molecule has 100 valence electrons. The first-order valence-electron chi connectivity index (χ1n) is 6.20. The van der Waals surface area contributed by atoms with Gasteiger partial charge in [0.15, 0.2) is 0 Å². The molecule has 5 heteroatoms. The van der Waals surface area contributed by atoms with E-state index in [1.54, 1.807) is 18.3 Å². The fourth-order valence-electron chi connectivity index (χ4n) is 1.48. The number of nitrogens with zero attached hydrogens (tertiary/aromatic N) is 1. The molecule has 0 radical (unpaired) electrons. The van der Waals surface area contributed by atoms with Crippen LogP contribution in [0.1, 0.15) is 23.5 Å². The molecule has 2 heterocycles. The Kier molecular flexibility index (Phi) is 4.52. The van der Waals surface area contributed by atoms with Crippen LogP contribution in [0.5, 0.6) is 0 Å². The molecule has 0 atom stereocenters. The van der Waals surface area contributed by atoms with E-state index in [1.807, 2.05) is 17.5 Å². The fraction of sp³-hybridized carbons (Fsp3) is 0.286. The standard InChI is InChI=1S/C14H17N3OS/c1-10(2)8-15-11-5-6-13(16-9-11)17-14(18)12-4-3-7-19-12/h3-7,9-10,15H,8H2,1-2H3,(H,16,17,18). The molecule has 2 N–H and O–H groups in total. The second kappa shape index (κ2) is 6.33. The van der Waals surface area contributed by atoms with Gasteiger partial charge in [0.2, 0.25) is 0 Å². The SMILES string of the molecule is CC(C)CNc1ccc(NC(=O)c2cccs2)nc1. The van der Waals surface area contributed by atoms with Crippen molar-refractivity contribution in [3.8, 4) is 0 Å². The van der Waals surface area contributed by atoms with Crippen LogP contribution in [0.3, 0.4) is 0 Å². The van der Waals surface area contributed by atoms with Crippen molar-refractivity contribution in [2.75, 3.05) is 17.2 Å². The maximum Gasteiger partial charge on any atom is 0.266 e. The molecule has 0 aromatic carbocycles. The molecule has 4 nitrogen and oxygen atoms in total. The molecular formula is C14H17N3OS. The highest BCUT2D eigenvalue weighted by Crippen LogP contribution is 2.13. The third-order valence-electron chi connectivity index (χ3n) is 2.46. The summed E-state index contributed by atoms with van der Waals surface area (Å²) in [5, 5.41) is 7.92. The number of carbonyl (C=O) groups excluding carboxylic acids is 1. The van der Waals surface area contributed by atoms with Gasteiger partial charge in [-0.2, -0.15) is 0 Å². The van der Waals surface area contributed by atoms with E-state index in [0.717, 1.165) is 12.2 Å². The lowest BCUT2D eigenvalue weighted by atomic mass is 10.2. The molecule has 0 aliphatic carbocycles. The molecule has 2 rings (SSSR count). The number of aromatic nitrogens is 1. The van der Waals surface area contributed by atoms with E-state index >= 15 is 0 Å². The largest absolute Gasteiger partial charge is 0.384 e. The molecule has 0 unspecified atom stereocenters. The highest BCUT2D eigenvalue weighted by atomic mass is 32.1. The van der Waals surface area contributed by atoms with Gasteiger partial charge >= 0.3 is 0 Å². The Labute approximate surface area is 116 Å². The van der Waals surface area contributed by atoms with Crippen molar-refractivity contribution in [1.82, 2.24) is 4.98 Å². The number of hydrogen-bond donors (Lipinski definition) is 2. The Bertz CT molecular complexity index is 520. The summed E-state index contributed by atoms with van der Waals surface area (Å²) in [4.78, 5) is 16.7. The molecule has 0 saturated heterocycles. The summed E-state index contributed by atoms with van der Waals surface area (Å²) in [6.07, 6.45) is 1.73. The quantitative estimate of drug-likeness (QED) is 0.878. The van der Waals surface area contributed by atoms with Crippen molar-refractivity contribution in [3.63, 3.8) is 0 Å². The van der Waals surface area contributed by atoms with E-state index in [1.165, 1.54) is 11.3 Å². The molecule has 1 amide bonds. The second-order valence-electron chi connectivity index (χ2n) is 4.64. The smallest absolute Gasteiger partial charge is 0.266 e. The van der Waals surface area contributed by atoms with Gasteiger partial charge in [-0.1, -0.05) is 19.9 Å². The van der Waals surface area contributed by atoms with Gasteiger partial charge in [-0.15, -0.1) is 11.3 Å². The number of anilines is 2. The van der Waals surface area contributed by atoms with Gasteiger partial charge in [0.25, 0.3) is 5.91 Å². The number of rotatable bonds is 5. The maximum absolute atomic E-state index is 11.8. The molecule has 0 bridgehead atoms. The second-order valence-corrected chi connectivity index (χ2v) is 5.59. The third-order valence-corrected chi connectivity index (χ3v) is 3.33. The third kappa shape index (κ3) is 4.06. The van der Waals surface area contributed by atoms with Crippen LogP contribution in [0.25, 0.3) is 0 Å². The first-order valence-corrected chi connectivity index (χ1v) is 7.08. The number of thiophene rings is 1. The van der Waals surface area contributed by atoms with Crippen molar-refractivity contribution < 1.29 is 4.79 Å². The minimum Gasteiger partial charge on any atom is -0.384 e. The topological polar surface area (TPSA) is 54.0 Å². The van der Waals surface area contributed by atoms with Crippen LogP contribution in [-0.4, -0.2) is 17.4 Å². The van der Waals surface area contributed by atoms with Crippen molar-refractivity contribution in [2.24, 2.45) is 5.92 Å². The Morgan fingerprint density at radius 1 is 1.37 bits per heavy atom. The van der Waals surface area contributed by atoms with Crippen molar-refractivity contribution in [3.05, 3.63) is 40.7 Å². The Balaban J connectivity index is 1.93. The van der Waals surface area contributed by atoms with E-state index in [0.29, 0.717) is 16.6 Å². The lowest BCUT2D eigenvalue weighted by Crippen LogP contribution is -2.12. The summed E-state index contributed by atoms with van der Waals surface area (Å²) in [6, 6.07) is 7.36. The van der Waals surface area contributed by atoms with Crippen molar-refractivity contribution in [2.45, 2.75) is 13.8 Å². The summed E-state index contributed by atoms with van der Waals surface area (Å²) in [5.74, 6) is 1.03. The van der Waals surface area contributed by atoms with Gasteiger partial charge in [0.05, 0.1) is 16.8 Å². The molecule has 0 saturated carbocycles. The monoisotopic (exact) mass is 275 g/mol. The van der Waals surface area contributed by atoms with Gasteiger partial charge in [-0.05, 0) is 29.5 Å². The number of hydrogen-bond acceptors (Lipinski definition) is 4. The lowest BCUT2D eigenvalue weighted by molar-refractivity contribution is 0.103. The van der Waals surface area contributed by atoms with Crippen LogP contribution >= 0.6 is 11.3 Å². The first-order chi connectivity index (χ1) is 9.15. The molecule has 19 heavy (non-hydrogen) atoms. The van der Waals surface area contributed by atoms with Gasteiger partial charge in [-0.25, -0.2) is 4.98 Å². The average Bonchev–Trinajstić information content (AvgIpc) is 2.92. The minimum absolute atomic E-state index is 0.120. The van der Waals surface area contributed by atoms with Crippen molar-refractivity contribution in [1.29, 1.82) is 0 Å². The summed E-state index contributed by atoms with van der Waals surface area (Å²) in [7, 11) is 0. The number of pyridine rings is 1. The Hall–Kier alpha value is -1.88. The van der Waals surface area contributed by atoms with Gasteiger partial charge in [0, 0.05) is 6.54 Å². The predicted octanol–water partition coefficient (Wildman–Crippen LogP) is 3.46. The van der Waals surface area contributed by atoms with Crippen LogP contribution in [0.2, 0.25) is 0 Å². The molecule has 0 spiro atoms.